The summed E-state index contributed by atoms with van der Waals surface area (Å²) in [6, 6.07) is 10.7. The molecule has 6 heteroatoms. The van der Waals surface area contributed by atoms with Crippen LogP contribution in [0.5, 0.6) is 5.75 Å². The quantitative estimate of drug-likeness (QED) is 0.787. The first kappa shape index (κ1) is 12.5. The van der Waals surface area contributed by atoms with Gasteiger partial charge in [-0.05, 0) is 24.3 Å². The number of nitrogens with one attached hydrogen (secondary N) is 1. The number of nitrogens with zero attached hydrogens (tertiary/aromatic N) is 1. The van der Waals surface area contributed by atoms with Crippen LogP contribution in [0.25, 0.3) is 22.4 Å². The third kappa shape index (κ3) is 2.20. The largest absolute Gasteiger partial charge is 0.434 e. The van der Waals surface area contributed by atoms with Gasteiger partial charge in [0.1, 0.15) is 17.1 Å². The first-order chi connectivity index (χ1) is 9.65. The van der Waals surface area contributed by atoms with Gasteiger partial charge in [-0.2, -0.15) is 8.78 Å². The molecule has 0 saturated heterocycles. The van der Waals surface area contributed by atoms with E-state index in [-0.39, 0.29) is 17.1 Å². The van der Waals surface area contributed by atoms with Crippen molar-refractivity contribution in [3.63, 3.8) is 0 Å². The van der Waals surface area contributed by atoms with E-state index >= 15 is 0 Å². The van der Waals surface area contributed by atoms with Crippen LogP contribution in [0.2, 0.25) is 0 Å². The van der Waals surface area contributed by atoms with Crippen molar-refractivity contribution in [1.29, 1.82) is 0 Å². The monoisotopic (exact) mass is 278 g/mol. The highest BCUT2D eigenvalue weighted by molar-refractivity contribution is 5.81. The molecule has 0 spiro atoms. The molecule has 102 valence electrons. The van der Waals surface area contributed by atoms with Crippen LogP contribution < -0.4 is 4.74 Å². The Hall–Kier alpha value is -2.50. The zero-order valence-electron chi connectivity index (χ0n) is 10.1. The Morgan fingerprint density at radius 3 is 2.60 bits per heavy atom. The van der Waals surface area contributed by atoms with Crippen LogP contribution in [0.4, 0.5) is 13.2 Å². The number of ether oxygens (including phenoxy) is 1. The zero-order chi connectivity index (χ0) is 14.1. The highest BCUT2D eigenvalue weighted by Crippen LogP contribution is 2.30. The van der Waals surface area contributed by atoms with Crippen LogP contribution in [-0.2, 0) is 0 Å². The lowest BCUT2D eigenvalue weighted by Gasteiger charge is -2.08. The molecule has 1 N–H and O–H groups in total. The summed E-state index contributed by atoms with van der Waals surface area (Å²) < 4.78 is 42.8. The van der Waals surface area contributed by atoms with Gasteiger partial charge in [0.15, 0.2) is 5.82 Å². The number of alkyl halides is 2. The summed E-state index contributed by atoms with van der Waals surface area (Å²) in [5.74, 6) is -0.208. The number of H-pyrrole nitrogens is 1. The SMILES string of the molecule is Fc1cccc2[nH]c(-c3ccccc3OC(F)F)nc12. The highest BCUT2D eigenvalue weighted by Gasteiger charge is 2.14. The van der Waals surface area contributed by atoms with Gasteiger partial charge in [0.05, 0.1) is 11.1 Å². The van der Waals surface area contributed by atoms with E-state index in [1.165, 1.54) is 12.1 Å². The smallest absolute Gasteiger partial charge is 0.387 e. The summed E-state index contributed by atoms with van der Waals surface area (Å²) in [5.41, 5.74) is 1.00. The summed E-state index contributed by atoms with van der Waals surface area (Å²) >= 11 is 0. The van der Waals surface area contributed by atoms with Crippen molar-refractivity contribution in [2.75, 3.05) is 0 Å². The van der Waals surface area contributed by atoms with Crippen molar-refractivity contribution in [2.45, 2.75) is 6.61 Å². The normalized spacial score (nSPS) is 11.2. The van der Waals surface area contributed by atoms with E-state index in [0.29, 0.717) is 11.1 Å². The van der Waals surface area contributed by atoms with E-state index in [2.05, 4.69) is 14.7 Å². The number of hydrogen-bond acceptors (Lipinski definition) is 2. The molecular weight excluding hydrogens is 269 g/mol. The number of imidazole rings is 1. The average molecular weight is 278 g/mol. The Bertz CT molecular complexity index is 755. The maximum absolute atomic E-state index is 13.6. The molecule has 3 nitrogen and oxygen atoms in total. The fourth-order valence-electron chi connectivity index (χ4n) is 1.99. The second-order valence-electron chi connectivity index (χ2n) is 4.10. The van der Waals surface area contributed by atoms with Crippen LogP contribution in [0, 0.1) is 5.82 Å². The summed E-state index contributed by atoms with van der Waals surface area (Å²) in [4.78, 5) is 6.99. The Labute approximate surface area is 112 Å². The molecule has 0 unspecified atom stereocenters. The van der Waals surface area contributed by atoms with Crippen molar-refractivity contribution in [3.05, 3.63) is 48.3 Å². The lowest BCUT2D eigenvalue weighted by molar-refractivity contribution is -0.0494. The Balaban J connectivity index is 2.13. The standard InChI is InChI=1S/C14H9F3N2O/c15-9-5-3-6-10-12(9)19-13(18-10)8-4-1-2-7-11(8)20-14(16)17/h1-7,14H,(H,18,19). The molecule has 0 atom stereocenters. The van der Waals surface area contributed by atoms with Crippen LogP contribution in [0.1, 0.15) is 0 Å². The van der Waals surface area contributed by atoms with Gasteiger partial charge in [-0.15, -0.1) is 0 Å². The molecule has 1 heterocycles. The van der Waals surface area contributed by atoms with Gasteiger partial charge < -0.3 is 9.72 Å². The molecule has 0 aliphatic rings. The van der Waals surface area contributed by atoms with Crippen molar-refractivity contribution in [1.82, 2.24) is 9.97 Å². The third-order valence-electron chi connectivity index (χ3n) is 2.82. The molecule has 0 saturated carbocycles. The van der Waals surface area contributed by atoms with E-state index in [1.54, 1.807) is 30.3 Å². The molecule has 3 rings (SSSR count). The lowest BCUT2D eigenvalue weighted by Crippen LogP contribution is -2.03. The molecule has 0 fully saturated rings. The highest BCUT2D eigenvalue weighted by atomic mass is 19.3. The van der Waals surface area contributed by atoms with Gasteiger partial charge >= 0.3 is 6.61 Å². The first-order valence-electron chi connectivity index (χ1n) is 5.83. The van der Waals surface area contributed by atoms with Crippen LogP contribution in [-0.4, -0.2) is 16.6 Å². The number of aromatic amines is 1. The average Bonchev–Trinajstić information content (AvgIpc) is 2.84. The van der Waals surface area contributed by atoms with Gasteiger partial charge in [-0.1, -0.05) is 18.2 Å². The second kappa shape index (κ2) is 4.88. The molecule has 0 amide bonds. The predicted octanol–water partition coefficient (Wildman–Crippen LogP) is 3.97. The molecular formula is C14H9F3N2O. The minimum Gasteiger partial charge on any atom is -0.434 e. The predicted molar refractivity (Wildman–Crippen MR) is 68.1 cm³/mol. The second-order valence-corrected chi connectivity index (χ2v) is 4.10. The van der Waals surface area contributed by atoms with Gasteiger partial charge in [-0.3, -0.25) is 0 Å². The first-order valence-corrected chi connectivity index (χ1v) is 5.83. The number of para-hydroxylation sites is 2. The minimum absolute atomic E-state index is 0.0121. The van der Waals surface area contributed by atoms with E-state index in [1.807, 2.05) is 0 Å². The molecule has 0 aliphatic heterocycles. The zero-order valence-corrected chi connectivity index (χ0v) is 10.1. The Kier molecular flexibility index (Phi) is 3.06. The van der Waals surface area contributed by atoms with Gasteiger partial charge in [0, 0.05) is 0 Å². The van der Waals surface area contributed by atoms with E-state index < -0.39 is 12.4 Å². The maximum Gasteiger partial charge on any atom is 0.387 e. The summed E-state index contributed by atoms with van der Waals surface area (Å²) in [7, 11) is 0. The summed E-state index contributed by atoms with van der Waals surface area (Å²) in [6.07, 6.45) is 0. The molecule has 20 heavy (non-hydrogen) atoms. The van der Waals surface area contributed by atoms with Gasteiger partial charge in [0.2, 0.25) is 0 Å². The number of halogens is 3. The fourth-order valence-corrected chi connectivity index (χ4v) is 1.99. The molecule has 2 aromatic carbocycles. The Morgan fingerprint density at radius 2 is 1.85 bits per heavy atom. The maximum atomic E-state index is 13.6. The van der Waals surface area contributed by atoms with E-state index in [4.69, 9.17) is 0 Å². The number of rotatable bonds is 3. The van der Waals surface area contributed by atoms with Crippen LogP contribution in [0.3, 0.4) is 0 Å². The summed E-state index contributed by atoms with van der Waals surface area (Å²) in [6.45, 7) is -2.93. The van der Waals surface area contributed by atoms with E-state index in [0.717, 1.165) is 0 Å². The number of aromatic nitrogens is 2. The van der Waals surface area contributed by atoms with Crippen molar-refractivity contribution in [2.24, 2.45) is 0 Å². The van der Waals surface area contributed by atoms with Crippen LogP contribution >= 0.6 is 0 Å². The number of fused-ring (bicyclic) bond motifs is 1. The lowest BCUT2D eigenvalue weighted by atomic mass is 10.2. The van der Waals surface area contributed by atoms with E-state index in [9.17, 15) is 13.2 Å². The van der Waals surface area contributed by atoms with Gasteiger partial charge in [-0.25, -0.2) is 9.37 Å². The van der Waals surface area contributed by atoms with Crippen molar-refractivity contribution in [3.8, 4) is 17.1 Å². The number of hydrogen-bond donors (Lipinski definition) is 1. The van der Waals surface area contributed by atoms with Crippen molar-refractivity contribution < 1.29 is 17.9 Å². The fraction of sp³-hybridized carbons (Fsp3) is 0.0714. The molecule has 0 aliphatic carbocycles. The van der Waals surface area contributed by atoms with Gasteiger partial charge in [0.25, 0.3) is 0 Å². The Morgan fingerprint density at radius 1 is 1.05 bits per heavy atom. The topological polar surface area (TPSA) is 37.9 Å². The summed E-state index contributed by atoms with van der Waals surface area (Å²) in [5, 5.41) is 0. The molecule has 0 radical (unpaired) electrons. The molecule has 1 aromatic heterocycles. The molecule has 0 bridgehead atoms. The van der Waals surface area contributed by atoms with Crippen molar-refractivity contribution >= 4 is 11.0 Å². The minimum atomic E-state index is -2.93. The van der Waals surface area contributed by atoms with Crippen LogP contribution in [0.15, 0.2) is 42.5 Å². The molecule has 3 aromatic rings. The number of benzene rings is 2. The third-order valence-corrected chi connectivity index (χ3v) is 2.82.